The Balaban J connectivity index is 1.27. The Morgan fingerprint density at radius 3 is 2.30 bits per heavy atom. The van der Waals surface area contributed by atoms with Crippen molar-refractivity contribution in [2.24, 2.45) is 5.10 Å². The van der Waals surface area contributed by atoms with E-state index in [9.17, 15) is 18.8 Å². The monoisotopic (exact) mass is 638 g/mol. The molecular weight excluding hydrogens is 615 g/mol. The summed E-state index contributed by atoms with van der Waals surface area (Å²) >= 11 is 3.35. The molecule has 10 heteroatoms. The molecule has 3 N–H and O–H groups in total. The van der Waals surface area contributed by atoms with Crippen LogP contribution in [-0.2, 0) is 16.2 Å². The van der Waals surface area contributed by atoms with Crippen LogP contribution < -0.4 is 20.8 Å². The van der Waals surface area contributed by atoms with Crippen LogP contribution in [-0.4, -0.2) is 23.9 Å². The van der Waals surface area contributed by atoms with Crippen molar-refractivity contribution in [2.45, 2.75) is 6.61 Å². The molecule has 5 rings (SSSR count). The molecule has 0 aliphatic carbocycles. The summed E-state index contributed by atoms with van der Waals surface area (Å²) in [7, 11) is 0. The van der Waals surface area contributed by atoms with Crippen molar-refractivity contribution in [1.82, 2.24) is 5.43 Å². The number of anilines is 2. The lowest BCUT2D eigenvalue weighted by Crippen LogP contribution is -2.33. The molecule has 214 valence electrons. The largest absolute Gasteiger partial charge is 0.488 e. The number of hydrogen-bond donors (Lipinski definition) is 3. The molecule has 5 aromatic rings. The van der Waals surface area contributed by atoms with Crippen LogP contribution in [0.4, 0.5) is 15.8 Å². The summed E-state index contributed by atoms with van der Waals surface area (Å²) in [6, 6.07) is 30.6. The summed E-state index contributed by atoms with van der Waals surface area (Å²) in [6.07, 6.45) is 1.40. The van der Waals surface area contributed by atoms with E-state index in [4.69, 9.17) is 4.74 Å². The molecule has 0 bridgehead atoms. The molecule has 43 heavy (non-hydrogen) atoms. The third-order valence-electron chi connectivity index (χ3n) is 6.33. The van der Waals surface area contributed by atoms with Crippen molar-refractivity contribution in [1.29, 1.82) is 0 Å². The Morgan fingerprint density at radius 2 is 1.51 bits per heavy atom. The molecule has 0 saturated heterocycles. The molecule has 0 aliphatic heterocycles. The van der Waals surface area contributed by atoms with Crippen LogP contribution in [0.2, 0.25) is 0 Å². The molecule has 0 aromatic heterocycles. The van der Waals surface area contributed by atoms with Gasteiger partial charge in [0, 0.05) is 15.7 Å². The highest BCUT2D eigenvalue weighted by atomic mass is 79.9. The number of hydrazone groups is 1. The van der Waals surface area contributed by atoms with Gasteiger partial charge in [-0.3, -0.25) is 14.4 Å². The van der Waals surface area contributed by atoms with E-state index in [0.29, 0.717) is 17.0 Å². The molecule has 0 unspecified atom stereocenters. The van der Waals surface area contributed by atoms with E-state index in [1.54, 1.807) is 54.6 Å². The van der Waals surface area contributed by atoms with E-state index in [1.807, 2.05) is 30.3 Å². The maximum absolute atomic E-state index is 13.3. The summed E-state index contributed by atoms with van der Waals surface area (Å²) in [5.74, 6) is -2.35. The second kappa shape index (κ2) is 13.5. The Hall–Kier alpha value is -5.35. The van der Waals surface area contributed by atoms with Crippen molar-refractivity contribution in [2.75, 3.05) is 10.6 Å². The quantitative estimate of drug-likeness (QED) is 0.100. The van der Waals surface area contributed by atoms with E-state index < -0.39 is 17.7 Å². The van der Waals surface area contributed by atoms with Crippen LogP contribution >= 0.6 is 15.9 Å². The molecule has 0 atom stereocenters. The van der Waals surface area contributed by atoms with Crippen molar-refractivity contribution in [3.8, 4) is 5.75 Å². The first kappa shape index (κ1) is 29.2. The number of rotatable bonds is 8. The van der Waals surface area contributed by atoms with Crippen LogP contribution in [0.3, 0.4) is 0 Å². The lowest BCUT2D eigenvalue weighted by Gasteiger charge is -2.12. The summed E-state index contributed by atoms with van der Waals surface area (Å²) in [5, 5.41) is 11.0. The van der Waals surface area contributed by atoms with E-state index >= 15 is 0 Å². The van der Waals surface area contributed by atoms with E-state index in [-0.39, 0.29) is 23.7 Å². The highest BCUT2D eigenvalue weighted by Gasteiger charge is 2.18. The maximum Gasteiger partial charge on any atom is 0.329 e. The number of nitrogens with one attached hydrogen (secondary N) is 3. The zero-order valence-corrected chi connectivity index (χ0v) is 24.1. The van der Waals surface area contributed by atoms with Crippen molar-refractivity contribution >= 4 is 62.0 Å². The number of carbonyl (C=O) groups is 3. The smallest absolute Gasteiger partial charge is 0.329 e. The number of hydrogen-bond acceptors (Lipinski definition) is 5. The molecular formula is C33H24BrFN4O4. The van der Waals surface area contributed by atoms with Crippen LogP contribution in [0.25, 0.3) is 10.8 Å². The minimum atomic E-state index is -1.03. The predicted molar refractivity (Wildman–Crippen MR) is 168 cm³/mol. The summed E-state index contributed by atoms with van der Waals surface area (Å²) in [4.78, 5) is 38.2. The summed E-state index contributed by atoms with van der Waals surface area (Å²) < 4.78 is 20.1. The Kier molecular flexibility index (Phi) is 9.18. The van der Waals surface area contributed by atoms with Gasteiger partial charge in [-0.1, -0.05) is 70.5 Å². The number of ether oxygens (including phenoxy) is 1. The first-order valence-electron chi connectivity index (χ1n) is 13.1. The van der Waals surface area contributed by atoms with Gasteiger partial charge >= 0.3 is 11.8 Å². The number of amides is 3. The van der Waals surface area contributed by atoms with Gasteiger partial charge in [-0.15, -0.1) is 0 Å². The van der Waals surface area contributed by atoms with Crippen LogP contribution in [0.5, 0.6) is 5.75 Å². The van der Waals surface area contributed by atoms with E-state index in [0.717, 1.165) is 20.8 Å². The van der Waals surface area contributed by atoms with Gasteiger partial charge in [0.15, 0.2) is 0 Å². The Morgan fingerprint density at radius 1 is 0.791 bits per heavy atom. The molecule has 0 spiro atoms. The van der Waals surface area contributed by atoms with Crippen LogP contribution in [0, 0.1) is 5.82 Å². The molecule has 0 fully saturated rings. The fourth-order valence-electron chi connectivity index (χ4n) is 4.18. The van der Waals surface area contributed by atoms with Gasteiger partial charge in [0.25, 0.3) is 5.91 Å². The number of carbonyl (C=O) groups excluding carboxylic acids is 3. The summed E-state index contributed by atoms with van der Waals surface area (Å²) in [6.45, 7) is 0.184. The number of benzene rings is 5. The van der Waals surface area contributed by atoms with Crippen molar-refractivity contribution in [3.63, 3.8) is 0 Å². The van der Waals surface area contributed by atoms with Gasteiger partial charge in [0.2, 0.25) is 0 Å². The van der Waals surface area contributed by atoms with E-state index in [2.05, 4.69) is 37.1 Å². The SMILES string of the molecule is O=C(N/N=C\c1c(OCc2ccc(F)cc2)ccc2ccccc12)C(=O)Nc1ccccc1C(=O)Nc1ccc(Br)cc1. The normalized spacial score (nSPS) is 10.8. The van der Waals surface area contributed by atoms with Gasteiger partial charge in [0.05, 0.1) is 17.5 Å². The molecule has 3 amide bonds. The topological polar surface area (TPSA) is 109 Å². The zero-order valence-electron chi connectivity index (χ0n) is 22.5. The number of para-hydroxylation sites is 1. The van der Waals surface area contributed by atoms with Crippen molar-refractivity contribution < 1.29 is 23.5 Å². The molecule has 0 heterocycles. The second-order valence-electron chi connectivity index (χ2n) is 9.27. The van der Waals surface area contributed by atoms with Gasteiger partial charge in [-0.2, -0.15) is 5.10 Å². The predicted octanol–water partition coefficient (Wildman–Crippen LogP) is 6.66. The lowest BCUT2D eigenvalue weighted by atomic mass is 10.0. The fraction of sp³-hybridized carbons (Fsp3) is 0.0303. The average molecular weight is 639 g/mol. The van der Waals surface area contributed by atoms with E-state index in [1.165, 1.54) is 30.5 Å². The zero-order chi connectivity index (χ0) is 30.2. The Labute approximate surface area is 254 Å². The van der Waals surface area contributed by atoms with Gasteiger partial charge in [-0.05, 0) is 70.9 Å². The molecule has 5 aromatic carbocycles. The minimum Gasteiger partial charge on any atom is -0.488 e. The van der Waals surface area contributed by atoms with Crippen LogP contribution in [0.15, 0.2) is 119 Å². The van der Waals surface area contributed by atoms with Crippen LogP contribution in [0.1, 0.15) is 21.5 Å². The first-order chi connectivity index (χ1) is 20.9. The fourth-order valence-corrected chi connectivity index (χ4v) is 4.45. The highest BCUT2D eigenvalue weighted by molar-refractivity contribution is 9.10. The number of halogens is 2. The summed E-state index contributed by atoms with van der Waals surface area (Å²) in [5.41, 5.74) is 4.48. The van der Waals surface area contributed by atoms with Crippen molar-refractivity contribution in [3.05, 3.63) is 136 Å². The lowest BCUT2D eigenvalue weighted by molar-refractivity contribution is -0.136. The first-order valence-corrected chi connectivity index (χ1v) is 13.9. The maximum atomic E-state index is 13.3. The average Bonchev–Trinajstić information content (AvgIpc) is 3.02. The third kappa shape index (κ3) is 7.49. The number of nitrogens with zero attached hydrogens (tertiary/aromatic N) is 1. The number of fused-ring (bicyclic) bond motifs is 1. The standard InChI is InChI=1S/C33H24BrFN4O4/c34-23-12-16-25(17-13-23)37-31(40)27-7-3-4-8-29(27)38-32(41)33(42)39-36-19-28-26-6-2-1-5-22(26)11-18-30(28)43-20-21-9-14-24(35)15-10-21/h1-19H,20H2,(H,37,40)(H,38,41)(H,39,42)/b36-19-. The van der Waals surface area contributed by atoms with Gasteiger partial charge in [-0.25, -0.2) is 9.82 Å². The molecule has 0 aliphatic rings. The highest BCUT2D eigenvalue weighted by Crippen LogP contribution is 2.27. The second-order valence-corrected chi connectivity index (χ2v) is 10.2. The van der Waals surface area contributed by atoms with Gasteiger partial charge < -0.3 is 15.4 Å². The minimum absolute atomic E-state index is 0.159. The van der Waals surface area contributed by atoms with Gasteiger partial charge in [0.1, 0.15) is 18.2 Å². The molecule has 0 radical (unpaired) electrons. The Bertz CT molecular complexity index is 1830. The third-order valence-corrected chi connectivity index (χ3v) is 6.85. The molecule has 0 saturated carbocycles. The molecule has 8 nitrogen and oxygen atoms in total.